The first kappa shape index (κ1) is 12.0. The number of aromatic nitrogens is 2. The number of benzene rings is 1. The van der Waals surface area contributed by atoms with Gasteiger partial charge < -0.3 is 14.8 Å². The maximum Gasteiger partial charge on any atom is 0.231 e. The average Bonchev–Trinajstić information content (AvgIpc) is 2.99. The highest BCUT2D eigenvalue weighted by molar-refractivity contribution is 5.94. The summed E-state index contributed by atoms with van der Waals surface area (Å²) < 4.78 is 10.8. The highest BCUT2D eigenvalue weighted by Gasteiger charge is 2.15. The predicted octanol–water partition coefficient (Wildman–Crippen LogP) is 2.97. The molecule has 0 saturated heterocycles. The fourth-order valence-corrected chi connectivity index (χ4v) is 2.39. The monoisotopic (exact) mass is 279 g/mol. The Kier molecular flexibility index (Phi) is 2.81. The lowest BCUT2D eigenvalue weighted by atomic mass is 10.1. The van der Waals surface area contributed by atoms with Crippen LogP contribution in [-0.4, -0.2) is 16.8 Å². The van der Waals surface area contributed by atoms with Gasteiger partial charge in [0, 0.05) is 30.5 Å². The van der Waals surface area contributed by atoms with Crippen molar-refractivity contribution in [2.75, 3.05) is 12.1 Å². The Bertz CT molecular complexity index is 790. The molecule has 104 valence electrons. The zero-order valence-electron chi connectivity index (χ0n) is 11.2. The van der Waals surface area contributed by atoms with Crippen molar-refractivity contribution in [1.29, 1.82) is 0 Å². The van der Waals surface area contributed by atoms with Gasteiger partial charge in [-0.2, -0.15) is 0 Å². The first-order valence-electron chi connectivity index (χ1n) is 6.71. The molecule has 1 aromatic carbocycles. The zero-order chi connectivity index (χ0) is 14.1. The number of hydrogen-bond acceptors (Lipinski definition) is 5. The molecule has 1 aliphatic heterocycles. The van der Waals surface area contributed by atoms with Crippen molar-refractivity contribution in [3.05, 3.63) is 54.5 Å². The molecule has 0 radical (unpaired) electrons. The van der Waals surface area contributed by atoms with Crippen LogP contribution < -0.4 is 14.8 Å². The van der Waals surface area contributed by atoms with E-state index in [4.69, 9.17) is 9.47 Å². The summed E-state index contributed by atoms with van der Waals surface area (Å²) in [4.78, 5) is 8.53. The lowest BCUT2D eigenvalue weighted by Gasteiger charge is -2.09. The number of ether oxygens (including phenoxy) is 2. The maximum atomic E-state index is 5.44. The molecule has 0 spiro atoms. The van der Waals surface area contributed by atoms with E-state index in [1.54, 1.807) is 12.4 Å². The van der Waals surface area contributed by atoms with Gasteiger partial charge in [0.25, 0.3) is 0 Å². The van der Waals surface area contributed by atoms with Gasteiger partial charge in [-0.1, -0.05) is 6.07 Å². The Morgan fingerprint density at radius 3 is 2.86 bits per heavy atom. The molecule has 1 aliphatic rings. The zero-order valence-corrected chi connectivity index (χ0v) is 11.2. The van der Waals surface area contributed by atoms with Gasteiger partial charge in [0.15, 0.2) is 11.5 Å². The quantitative estimate of drug-likeness (QED) is 0.798. The Balaban J connectivity index is 1.68. The lowest BCUT2D eigenvalue weighted by molar-refractivity contribution is 0.174. The summed E-state index contributed by atoms with van der Waals surface area (Å²) in [6, 6.07) is 9.86. The molecule has 0 bridgehead atoms. The molecule has 0 atom stereocenters. The second-order valence-corrected chi connectivity index (χ2v) is 4.80. The molecular weight excluding hydrogens is 266 g/mol. The topological polar surface area (TPSA) is 56.3 Å². The second-order valence-electron chi connectivity index (χ2n) is 4.80. The molecule has 1 N–H and O–H groups in total. The molecule has 3 heterocycles. The van der Waals surface area contributed by atoms with Crippen molar-refractivity contribution in [1.82, 2.24) is 9.97 Å². The Labute approximate surface area is 121 Å². The van der Waals surface area contributed by atoms with Gasteiger partial charge in [-0.15, -0.1) is 0 Å². The van der Waals surface area contributed by atoms with Crippen molar-refractivity contribution in [3.8, 4) is 11.5 Å². The summed E-state index contributed by atoms with van der Waals surface area (Å²) in [5.41, 5.74) is 1.11. The van der Waals surface area contributed by atoms with Crippen LogP contribution in [0.3, 0.4) is 0 Å². The van der Waals surface area contributed by atoms with Crippen LogP contribution in [0.2, 0.25) is 0 Å². The van der Waals surface area contributed by atoms with Gasteiger partial charge >= 0.3 is 0 Å². The van der Waals surface area contributed by atoms with Crippen molar-refractivity contribution in [2.24, 2.45) is 0 Å². The molecular formula is C16H13N3O2. The number of anilines is 1. The molecule has 0 amide bonds. The summed E-state index contributed by atoms with van der Waals surface area (Å²) in [7, 11) is 0. The van der Waals surface area contributed by atoms with Gasteiger partial charge in [0.2, 0.25) is 6.79 Å². The Morgan fingerprint density at radius 2 is 2.00 bits per heavy atom. The fraction of sp³-hybridized carbons (Fsp3) is 0.125. The average molecular weight is 279 g/mol. The highest BCUT2D eigenvalue weighted by atomic mass is 16.7. The van der Waals surface area contributed by atoms with Crippen LogP contribution >= 0.6 is 0 Å². The minimum absolute atomic E-state index is 0.275. The smallest absolute Gasteiger partial charge is 0.231 e. The van der Waals surface area contributed by atoms with Crippen molar-refractivity contribution >= 4 is 16.6 Å². The number of rotatable bonds is 3. The van der Waals surface area contributed by atoms with Gasteiger partial charge in [0.1, 0.15) is 5.82 Å². The Morgan fingerprint density at radius 1 is 1.10 bits per heavy atom. The normalized spacial score (nSPS) is 12.6. The molecule has 0 fully saturated rings. The first-order valence-corrected chi connectivity index (χ1v) is 6.71. The summed E-state index contributed by atoms with van der Waals surface area (Å²) in [5, 5.41) is 5.44. The third-order valence-corrected chi connectivity index (χ3v) is 3.44. The van der Waals surface area contributed by atoms with E-state index in [0.29, 0.717) is 6.54 Å². The summed E-state index contributed by atoms with van der Waals surface area (Å²) in [6.07, 6.45) is 5.39. The predicted molar refractivity (Wildman–Crippen MR) is 79.4 cm³/mol. The second kappa shape index (κ2) is 4.94. The molecule has 3 aromatic rings. The number of fused-ring (bicyclic) bond motifs is 2. The molecule has 5 heteroatoms. The van der Waals surface area contributed by atoms with Crippen LogP contribution in [0.15, 0.2) is 48.9 Å². The van der Waals surface area contributed by atoms with Gasteiger partial charge in [-0.05, 0) is 35.2 Å². The van der Waals surface area contributed by atoms with Gasteiger partial charge in [-0.3, -0.25) is 4.98 Å². The largest absolute Gasteiger partial charge is 0.454 e. The van der Waals surface area contributed by atoms with E-state index in [1.807, 2.05) is 36.5 Å². The molecule has 0 aliphatic carbocycles. The number of hydrogen-bond donors (Lipinski definition) is 1. The van der Waals surface area contributed by atoms with Crippen molar-refractivity contribution in [2.45, 2.75) is 6.54 Å². The van der Waals surface area contributed by atoms with Crippen LogP contribution in [0.1, 0.15) is 5.56 Å². The SMILES string of the molecule is c1cncc(CNc2nccc3cc4c(cc23)OCO4)c1. The standard InChI is InChI=1S/C16H13N3O2/c1-2-11(8-17-4-1)9-19-16-13-7-15-14(20-10-21-15)6-12(13)3-5-18-16/h1-8H,9-10H2,(H,18,19). The number of nitrogens with zero attached hydrogens (tertiary/aromatic N) is 2. The van der Waals surface area contributed by atoms with E-state index in [2.05, 4.69) is 15.3 Å². The number of pyridine rings is 2. The van der Waals surface area contributed by atoms with Gasteiger partial charge in [-0.25, -0.2) is 4.98 Å². The van der Waals surface area contributed by atoms with E-state index in [9.17, 15) is 0 Å². The van der Waals surface area contributed by atoms with Crippen LogP contribution in [0.4, 0.5) is 5.82 Å². The Hall–Kier alpha value is -2.82. The molecule has 21 heavy (non-hydrogen) atoms. The van der Waals surface area contributed by atoms with E-state index < -0.39 is 0 Å². The highest BCUT2D eigenvalue weighted by Crippen LogP contribution is 2.37. The van der Waals surface area contributed by atoms with Crippen molar-refractivity contribution in [3.63, 3.8) is 0 Å². The maximum absolute atomic E-state index is 5.44. The number of nitrogens with one attached hydrogen (secondary N) is 1. The van der Waals surface area contributed by atoms with E-state index >= 15 is 0 Å². The van der Waals surface area contributed by atoms with E-state index in [1.165, 1.54) is 0 Å². The third kappa shape index (κ3) is 2.23. The fourth-order valence-electron chi connectivity index (χ4n) is 2.39. The van der Waals surface area contributed by atoms with E-state index in [0.717, 1.165) is 33.7 Å². The summed E-state index contributed by atoms with van der Waals surface area (Å²) in [5.74, 6) is 2.38. The summed E-state index contributed by atoms with van der Waals surface area (Å²) >= 11 is 0. The van der Waals surface area contributed by atoms with Crippen molar-refractivity contribution < 1.29 is 9.47 Å². The minimum Gasteiger partial charge on any atom is -0.454 e. The summed E-state index contributed by atoms with van der Waals surface area (Å²) in [6.45, 7) is 0.950. The first-order chi connectivity index (χ1) is 10.4. The van der Waals surface area contributed by atoms with Crippen LogP contribution in [0, 0.1) is 0 Å². The van der Waals surface area contributed by atoms with Gasteiger partial charge in [0.05, 0.1) is 0 Å². The minimum atomic E-state index is 0.275. The molecule has 4 rings (SSSR count). The third-order valence-electron chi connectivity index (χ3n) is 3.44. The lowest BCUT2D eigenvalue weighted by Crippen LogP contribution is -2.02. The molecule has 0 saturated carbocycles. The van der Waals surface area contributed by atoms with E-state index in [-0.39, 0.29) is 6.79 Å². The molecule has 0 unspecified atom stereocenters. The molecule has 2 aromatic heterocycles. The molecule has 5 nitrogen and oxygen atoms in total. The van der Waals surface area contributed by atoms with Crippen LogP contribution in [0.25, 0.3) is 10.8 Å². The van der Waals surface area contributed by atoms with Crippen LogP contribution in [0.5, 0.6) is 11.5 Å². The van der Waals surface area contributed by atoms with Crippen LogP contribution in [-0.2, 0) is 6.54 Å².